The Morgan fingerprint density at radius 2 is 1.89 bits per heavy atom. The summed E-state index contributed by atoms with van der Waals surface area (Å²) in [4.78, 5) is 0. The molecule has 2 heteroatoms. The first-order valence-electron chi connectivity index (χ1n) is 6.06. The summed E-state index contributed by atoms with van der Waals surface area (Å²) >= 11 is 0. The van der Waals surface area contributed by atoms with Gasteiger partial charge in [-0.05, 0) is 42.3 Å². The molecule has 1 N–H and O–H groups in total. The Morgan fingerprint density at radius 1 is 1.06 bits per heavy atom. The molecule has 0 aliphatic heterocycles. The van der Waals surface area contributed by atoms with Gasteiger partial charge in [0.15, 0.2) is 0 Å². The lowest BCUT2D eigenvalue weighted by molar-refractivity contribution is 0.474. The van der Waals surface area contributed by atoms with Crippen LogP contribution in [0.5, 0.6) is 5.75 Å². The molecule has 0 bridgehead atoms. The van der Waals surface area contributed by atoms with E-state index < -0.39 is 0 Å². The highest BCUT2D eigenvalue weighted by atomic mass is 16.3. The number of aryl methyl sites for hydroxylation is 1. The van der Waals surface area contributed by atoms with Gasteiger partial charge >= 0.3 is 0 Å². The highest BCUT2D eigenvalue weighted by Gasteiger charge is 2.03. The number of rotatable bonds is 2. The molecule has 0 spiro atoms. The number of nitrogens with zero attached hydrogens (tertiary/aromatic N) is 1. The molecule has 2 aromatic carbocycles. The normalized spacial score (nSPS) is 10.9. The standard InChI is InChI=1S/C16H15NO/c1-12-4-2-7-16-15(12)8-9-17(16)11-13-5-3-6-14(18)10-13/h2-10,18H,11H2,1H3. The van der Waals surface area contributed by atoms with Crippen molar-refractivity contribution < 1.29 is 5.11 Å². The molecule has 0 unspecified atom stereocenters. The molecule has 0 fully saturated rings. The summed E-state index contributed by atoms with van der Waals surface area (Å²) < 4.78 is 2.21. The van der Waals surface area contributed by atoms with E-state index in [1.54, 1.807) is 6.07 Å². The third-order valence-electron chi connectivity index (χ3n) is 3.30. The molecule has 3 rings (SSSR count). The van der Waals surface area contributed by atoms with Gasteiger partial charge in [0.2, 0.25) is 0 Å². The molecule has 3 aromatic rings. The van der Waals surface area contributed by atoms with Crippen LogP contribution in [0.3, 0.4) is 0 Å². The minimum absolute atomic E-state index is 0.320. The predicted octanol–water partition coefficient (Wildman–Crippen LogP) is 3.70. The second-order valence-corrected chi connectivity index (χ2v) is 4.62. The summed E-state index contributed by atoms with van der Waals surface area (Å²) in [7, 11) is 0. The Kier molecular flexibility index (Phi) is 2.56. The summed E-state index contributed by atoms with van der Waals surface area (Å²) in [6, 6.07) is 15.9. The Bertz CT molecular complexity index is 697. The zero-order valence-corrected chi connectivity index (χ0v) is 10.3. The fourth-order valence-corrected chi connectivity index (χ4v) is 2.37. The van der Waals surface area contributed by atoms with Gasteiger partial charge in [-0.15, -0.1) is 0 Å². The second kappa shape index (κ2) is 4.22. The van der Waals surface area contributed by atoms with Crippen LogP contribution in [0.15, 0.2) is 54.7 Å². The maximum Gasteiger partial charge on any atom is 0.115 e. The number of aromatic hydroxyl groups is 1. The monoisotopic (exact) mass is 237 g/mol. The van der Waals surface area contributed by atoms with E-state index in [4.69, 9.17) is 0 Å². The molecule has 1 aromatic heterocycles. The number of hydrogen-bond acceptors (Lipinski definition) is 1. The minimum Gasteiger partial charge on any atom is -0.508 e. The highest BCUT2D eigenvalue weighted by Crippen LogP contribution is 2.21. The number of fused-ring (bicyclic) bond motifs is 1. The SMILES string of the molecule is Cc1cccc2c1ccn2Cc1cccc(O)c1. The molecule has 0 saturated carbocycles. The van der Waals surface area contributed by atoms with Gasteiger partial charge in [0.25, 0.3) is 0 Å². The molecule has 0 aliphatic carbocycles. The Hall–Kier alpha value is -2.22. The zero-order valence-electron chi connectivity index (χ0n) is 10.3. The van der Waals surface area contributed by atoms with Crippen molar-refractivity contribution >= 4 is 10.9 Å². The molecule has 90 valence electrons. The molecule has 0 radical (unpaired) electrons. The van der Waals surface area contributed by atoms with Crippen LogP contribution in [0.2, 0.25) is 0 Å². The summed E-state index contributed by atoms with van der Waals surface area (Å²) in [6.07, 6.45) is 2.10. The summed E-state index contributed by atoms with van der Waals surface area (Å²) in [5.41, 5.74) is 3.63. The van der Waals surface area contributed by atoms with E-state index in [1.807, 2.05) is 18.2 Å². The molecule has 0 saturated heterocycles. The molecular formula is C16H15NO. The first-order chi connectivity index (χ1) is 8.74. The largest absolute Gasteiger partial charge is 0.508 e. The van der Waals surface area contributed by atoms with Crippen LogP contribution in [-0.2, 0) is 6.54 Å². The van der Waals surface area contributed by atoms with Crippen LogP contribution in [-0.4, -0.2) is 9.67 Å². The van der Waals surface area contributed by atoms with Crippen LogP contribution >= 0.6 is 0 Å². The van der Waals surface area contributed by atoms with E-state index in [9.17, 15) is 5.11 Å². The van der Waals surface area contributed by atoms with Gasteiger partial charge in [0, 0.05) is 23.6 Å². The van der Waals surface area contributed by atoms with Crippen LogP contribution < -0.4 is 0 Å². The van der Waals surface area contributed by atoms with Gasteiger partial charge < -0.3 is 9.67 Å². The van der Waals surface area contributed by atoms with E-state index in [0.29, 0.717) is 5.75 Å². The molecule has 18 heavy (non-hydrogen) atoms. The van der Waals surface area contributed by atoms with E-state index in [-0.39, 0.29) is 0 Å². The molecule has 0 atom stereocenters. The Labute approximate surface area is 106 Å². The van der Waals surface area contributed by atoms with Gasteiger partial charge in [-0.2, -0.15) is 0 Å². The first-order valence-corrected chi connectivity index (χ1v) is 6.06. The summed E-state index contributed by atoms with van der Waals surface area (Å²) in [5, 5.41) is 10.8. The van der Waals surface area contributed by atoms with E-state index >= 15 is 0 Å². The lowest BCUT2D eigenvalue weighted by Gasteiger charge is -2.06. The highest BCUT2D eigenvalue weighted by molar-refractivity contribution is 5.83. The van der Waals surface area contributed by atoms with Gasteiger partial charge in [-0.1, -0.05) is 24.3 Å². The third kappa shape index (κ3) is 1.86. The van der Waals surface area contributed by atoms with Crippen molar-refractivity contribution in [1.29, 1.82) is 0 Å². The molecule has 1 heterocycles. The van der Waals surface area contributed by atoms with Crippen molar-refractivity contribution in [1.82, 2.24) is 4.57 Å². The minimum atomic E-state index is 0.320. The average molecular weight is 237 g/mol. The number of phenols is 1. The maximum absolute atomic E-state index is 9.49. The number of phenolic OH excluding ortho intramolecular Hbond substituents is 1. The predicted molar refractivity (Wildman–Crippen MR) is 73.9 cm³/mol. The molecular weight excluding hydrogens is 222 g/mol. The number of benzene rings is 2. The lowest BCUT2D eigenvalue weighted by atomic mass is 10.1. The van der Waals surface area contributed by atoms with Crippen molar-refractivity contribution in [3.05, 3.63) is 65.9 Å². The smallest absolute Gasteiger partial charge is 0.115 e. The van der Waals surface area contributed by atoms with Crippen molar-refractivity contribution in [3.63, 3.8) is 0 Å². The molecule has 0 amide bonds. The fourth-order valence-electron chi connectivity index (χ4n) is 2.37. The van der Waals surface area contributed by atoms with Crippen LogP contribution in [0, 0.1) is 6.92 Å². The van der Waals surface area contributed by atoms with Crippen molar-refractivity contribution in [3.8, 4) is 5.75 Å². The van der Waals surface area contributed by atoms with E-state index in [2.05, 4.69) is 42.0 Å². The Morgan fingerprint density at radius 3 is 2.72 bits per heavy atom. The van der Waals surface area contributed by atoms with Crippen LogP contribution in [0.1, 0.15) is 11.1 Å². The van der Waals surface area contributed by atoms with Crippen molar-refractivity contribution in [2.45, 2.75) is 13.5 Å². The topological polar surface area (TPSA) is 25.2 Å². The van der Waals surface area contributed by atoms with Gasteiger partial charge in [0.1, 0.15) is 5.75 Å². The van der Waals surface area contributed by atoms with E-state index in [1.165, 1.54) is 16.5 Å². The number of hydrogen-bond donors (Lipinski definition) is 1. The first kappa shape index (κ1) is 10.9. The van der Waals surface area contributed by atoms with Gasteiger partial charge in [-0.25, -0.2) is 0 Å². The molecule has 0 aliphatic rings. The second-order valence-electron chi connectivity index (χ2n) is 4.62. The quantitative estimate of drug-likeness (QED) is 0.722. The third-order valence-corrected chi connectivity index (χ3v) is 3.30. The van der Waals surface area contributed by atoms with Crippen molar-refractivity contribution in [2.24, 2.45) is 0 Å². The van der Waals surface area contributed by atoms with Crippen LogP contribution in [0.25, 0.3) is 10.9 Å². The molecule has 2 nitrogen and oxygen atoms in total. The van der Waals surface area contributed by atoms with Crippen molar-refractivity contribution in [2.75, 3.05) is 0 Å². The maximum atomic E-state index is 9.49. The van der Waals surface area contributed by atoms with Gasteiger partial charge in [0.05, 0.1) is 0 Å². The number of aromatic nitrogens is 1. The zero-order chi connectivity index (χ0) is 12.5. The fraction of sp³-hybridized carbons (Fsp3) is 0.125. The van der Waals surface area contributed by atoms with E-state index in [0.717, 1.165) is 12.1 Å². The average Bonchev–Trinajstić information content (AvgIpc) is 2.74. The summed E-state index contributed by atoms with van der Waals surface area (Å²) in [5.74, 6) is 0.320. The lowest BCUT2D eigenvalue weighted by Crippen LogP contribution is -1.97. The Balaban J connectivity index is 2.03. The van der Waals surface area contributed by atoms with Gasteiger partial charge in [-0.3, -0.25) is 0 Å². The van der Waals surface area contributed by atoms with Crippen LogP contribution in [0.4, 0.5) is 0 Å². The summed E-state index contributed by atoms with van der Waals surface area (Å²) in [6.45, 7) is 2.91.